The third-order valence-corrected chi connectivity index (χ3v) is 6.58. The summed E-state index contributed by atoms with van der Waals surface area (Å²) in [4.78, 5) is 77.7. The van der Waals surface area contributed by atoms with Gasteiger partial charge in [0.2, 0.25) is 11.8 Å². The van der Waals surface area contributed by atoms with Crippen LogP contribution in [-0.4, -0.2) is 92.4 Å². The molecule has 2 aromatic rings. The van der Waals surface area contributed by atoms with Crippen LogP contribution in [-0.2, 0) is 16.6 Å². The van der Waals surface area contributed by atoms with Crippen LogP contribution in [0.2, 0.25) is 0 Å². The standard InChI is InChI=1S/C23H22N6O7/c1-27-18(16(17(26-27)23(35)36)22(34)28-8-6-24-7-9-28)11-2-3-12-13(10-11)21(33)29(20(12)32)14-4-5-15(30)25-19(14)31/h2-3,10,14,24H,4-9H2,1H3,(H,35,36)(H,25,30,31). The van der Waals surface area contributed by atoms with Gasteiger partial charge in [0.15, 0.2) is 5.69 Å². The van der Waals surface area contributed by atoms with Gasteiger partial charge in [-0.1, -0.05) is 6.07 Å². The highest BCUT2D eigenvalue weighted by Crippen LogP contribution is 2.33. The topological polar surface area (TPSA) is 171 Å². The van der Waals surface area contributed by atoms with Gasteiger partial charge in [-0.3, -0.25) is 38.9 Å². The van der Waals surface area contributed by atoms with E-state index in [0.717, 1.165) is 4.90 Å². The lowest BCUT2D eigenvalue weighted by Gasteiger charge is -2.27. The second-order valence-electron chi connectivity index (χ2n) is 8.75. The van der Waals surface area contributed by atoms with E-state index >= 15 is 0 Å². The minimum absolute atomic E-state index is 0.000458. The summed E-state index contributed by atoms with van der Waals surface area (Å²) in [7, 11) is 1.49. The lowest BCUT2D eigenvalue weighted by atomic mass is 9.99. The van der Waals surface area contributed by atoms with Gasteiger partial charge in [-0.25, -0.2) is 4.79 Å². The van der Waals surface area contributed by atoms with Crippen molar-refractivity contribution in [2.75, 3.05) is 26.2 Å². The van der Waals surface area contributed by atoms with E-state index in [1.807, 2.05) is 0 Å². The number of fused-ring (bicyclic) bond motifs is 1. The molecule has 1 atom stereocenters. The van der Waals surface area contributed by atoms with E-state index in [-0.39, 0.29) is 35.2 Å². The van der Waals surface area contributed by atoms with Crippen LogP contribution in [0.5, 0.6) is 0 Å². The predicted octanol–water partition coefficient (Wildman–Crippen LogP) is -0.768. The average Bonchev–Trinajstić information content (AvgIpc) is 3.33. The van der Waals surface area contributed by atoms with Crippen LogP contribution in [0, 0.1) is 0 Å². The Morgan fingerprint density at radius 1 is 1.06 bits per heavy atom. The minimum Gasteiger partial charge on any atom is -0.476 e. The Labute approximate surface area is 204 Å². The molecular formula is C23H22N6O7. The van der Waals surface area contributed by atoms with E-state index < -0.39 is 47.2 Å². The number of imide groups is 2. The summed E-state index contributed by atoms with van der Waals surface area (Å²) in [5.74, 6) is -4.42. The molecular weight excluding hydrogens is 472 g/mol. The Hall–Kier alpha value is -4.39. The number of aryl methyl sites for hydroxylation is 1. The smallest absolute Gasteiger partial charge is 0.357 e. The normalized spacial score (nSPS) is 20.0. The Kier molecular flexibility index (Phi) is 5.63. The molecule has 0 aliphatic carbocycles. The monoisotopic (exact) mass is 494 g/mol. The lowest BCUT2D eigenvalue weighted by Crippen LogP contribution is -2.54. The Morgan fingerprint density at radius 3 is 2.42 bits per heavy atom. The fraction of sp³-hybridized carbons (Fsp3) is 0.348. The number of carbonyl (C=O) groups is 6. The highest BCUT2D eigenvalue weighted by atomic mass is 16.4. The van der Waals surface area contributed by atoms with Gasteiger partial charge in [-0.2, -0.15) is 5.10 Å². The Balaban J connectivity index is 1.56. The molecule has 0 radical (unpaired) electrons. The molecule has 4 heterocycles. The lowest BCUT2D eigenvalue weighted by molar-refractivity contribution is -0.136. The zero-order valence-corrected chi connectivity index (χ0v) is 19.2. The van der Waals surface area contributed by atoms with Gasteiger partial charge < -0.3 is 15.3 Å². The summed E-state index contributed by atoms with van der Waals surface area (Å²) in [6, 6.07) is 3.20. The van der Waals surface area contributed by atoms with Crippen LogP contribution in [0.25, 0.3) is 11.3 Å². The van der Waals surface area contributed by atoms with E-state index in [1.165, 1.54) is 34.8 Å². The summed E-state index contributed by atoms with van der Waals surface area (Å²) in [6.07, 6.45) is 0.0234. The van der Waals surface area contributed by atoms with Crippen molar-refractivity contribution in [3.63, 3.8) is 0 Å². The third-order valence-electron chi connectivity index (χ3n) is 6.58. The first-order valence-corrected chi connectivity index (χ1v) is 11.3. The van der Waals surface area contributed by atoms with Crippen molar-refractivity contribution in [2.45, 2.75) is 18.9 Å². The molecule has 2 saturated heterocycles. The summed E-state index contributed by atoms with van der Waals surface area (Å²) >= 11 is 0. The zero-order chi connectivity index (χ0) is 25.7. The highest BCUT2D eigenvalue weighted by molar-refractivity contribution is 6.24. The van der Waals surface area contributed by atoms with Gasteiger partial charge in [-0.05, 0) is 18.6 Å². The number of piperazine rings is 1. The van der Waals surface area contributed by atoms with Crippen LogP contribution in [0.1, 0.15) is 54.4 Å². The molecule has 1 aromatic carbocycles. The predicted molar refractivity (Wildman–Crippen MR) is 121 cm³/mol. The van der Waals surface area contributed by atoms with Crippen LogP contribution in [0.15, 0.2) is 18.2 Å². The van der Waals surface area contributed by atoms with Gasteiger partial charge in [0.05, 0.1) is 16.8 Å². The van der Waals surface area contributed by atoms with Gasteiger partial charge in [0, 0.05) is 45.2 Å². The van der Waals surface area contributed by atoms with E-state index in [0.29, 0.717) is 31.7 Å². The SMILES string of the molecule is Cn1nc(C(=O)O)c(C(=O)N2CCNCC2)c1-c1ccc2c(c1)C(=O)N(C1CCC(=O)NC1=O)C2=O. The number of rotatable bonds is 4. The van der Waals surface area contributed by atoms with Crippen molar-refractivity contribution in [2.24, 2.45) is 7.05 Å². The van der Waals surface area contributed by atoms with Crippen molar-refractivity contribution < 1.29 is 33.9 Å². The molecule has 2 fully saturated rings. The first kappa shape index (κ1) is 23.4. The molecule has 13 nitrogen and oxygen atoms in total. The number of carbonyl (C=O) groups excluding carboxylic acids is 5. The van der Waals surface area contributed by atoms with Crippen molar-refractivity contribution in [1.82, 2.24) is 30.2 Å². The second-order valence-corrected chi connectivity index (χ2v) is 8.75. The quantitative estimate of drug-likeness (QED) is 0.462. The van der Waals surface area contributed by atoms with Crippen molar-refractivity contribution in [3.8, 4) is 11.3 Å². The molecule has 3 N–H and O–H groups in total. The summed E-state index contributed by atoms with van der Waals surface area (Å²) in [5.41, 5.74) is 0.0825. The molecule has 5 amide bonds. The maximum Gasteiger partial charge on any atom is 0.357 e. The molecule has 13 heteroatoms. The van der Waals surface area contributed by atoms with E-state index in [1.54, 1.807) is 0 Å². The number of carboxylic acid groups (broad SMARTS) is 1. The van der Waals surface area contributed by atoms with E-state index in [2.05, 4.69) is 15.7 Å². The number of amides is 5. The molecule has 186 valence electrons. The highest BCUT2D eigenvalue weighted by Gasteiger charge is 2.45. The molecule has 36 heavy (non-hydrogen) atoms. The number of benzene rings is 1. The van der Waals surface area contributed by atoms with Crippen molar-refractivity contribution in [3.05, 3.63) is 40.6 Å². The molecule has 0 spiro atoms. The van der Waals surface area contributed by atoms with Crippen molar-refractivity contribution in [1.29, 1.82) is 0 Å². The molecule has 1 unspecified atom stereocenters. The number of aromatic carboxylic acids is 1. The zero-order valence-electron chi connectivity index (χ0n) is 19.2. The average molecular weight is 494 g/mol. The number of carboxylic acids is 1. The summed E-state index contributed by atoms with van der Waals surface area (Å²) < 4.78 is 1.26. The van der Waals surface area contributed by atoms with Crippen LogP contribution >= 0.6 is 0 Å². The Bertz CT molecular complexity index is 1360. The van der Waals surface area contributed by atoms with Gasteiger partial charge in [0.25, 0.3) is 17.7 Å². The van der Waals surface area contributed by atoms with Gasteiger partial charge >= 0.3 is 5.97 Å². The largest absolute Gasteiger partial charge is 0.476 e. The number of hydrogen-bond donors (Lipinski definition) is 3. The molecule has 3 aliphatic rings. The molecule has 5 rings (SSSR count). The van der Waals surface area contributed by atoms with E-state index in [4.69, 9.17) is 0 Å². The number of nitrogens with zero attached hydrogens (tertiary/aromatic N) is 4. The summed E-state index contributed by atoms with van der Waals surface area (Å²) in [6.45, 7) is 1.92. The van der Waals surface area contributed by atoms with E-state index in [9.17, 15) is 33.9 Å². The maximum absolute atomic E-state index is 13.4. The molecule has 0 saturated carbocycles. The number of nitrogens with one attached hydrogen (secondary N) is 2. The third kappa shape index (κ3) is 3.64. The van der Waals surface area contributed by atoms with Gasteiger partial charge in [0.1, 0.15) is 11.6 Å². The van der Waals surface area contributed by atoms with Crippen LogP contribution < -0.4 is 10.6 Å². The van der Waals surface area contributed by atoms with Crippen LogP contribution in [0.4, 0.5) is 0 Å². The maximum atomic E-state index is 13.4. The van der Waals surface area contributed by atoms with Crippen LogP contribution in [0.3, 0.4) is 0 Å². The number of hydrogen-bond acceptors (Lipinski definition) is 8. The summed E-state index contributed by atoms with van der Waals surface area (Å²) in [5, 5.41) is 19.0. The molecule has 3 aliphatic heterocycles. The first-order chi connectivity index (χ1) is 17.2. The fourth-order valence-corrected chi connectivity index (χ4v) is 4.85. The minimum atomic E-state index is -1.37. The first-order valence-electron chi connectivity index (χ1n) is 11.3. The number of aromatic nitrogens is 2. The Morgan fingerprint density at radius 2 is 1.75 bits per heavy atom. The van der Waals surface area contributed by atoms with Crippen molar-refractivity contribution >= 4 is 35.5 Å². The molecule has 1 aromatic heterocycles. The van der Waals surface area contributed by atoms with Gasteiger partial charge in [-0.15, -0.1) is 0 Å². The fourth-order valence-electron chi connectivity index (χ4n) is 4.85. The number of piperidine rings is 1. The molecule has 0 bridgehead atoms. The second kappa shape index (κ2) is 8.68.